The molecule has 3 aromatic heterocycles. The summed E-state index contributed by atoms with van der Waals surface area (Å²) >= 11 is 0. The lowest BCUT2D eigenvalue weighted by Crippen LogP contribution is -2.39. The fourth-order valence-electron chi connectivity index (χ4n) is 3.78. The van der Waals surface area contributed by atoms with Crippen molar-refractivity contribution in [3.05, 3.63) is 41.0 Å². The first-order valence-electron chi connectivity index (χ1n) is 9.43. The highest BCUT2D eigenvalue weighted by Gasteiger charge is 2.38. The van der Waals surface area contributed by atoms with E-state index in [1.54, 1.807) is 31.1 Å². The van der Waals surface area contributed by atoms with E-state index in [1.807, 2.05) is 0 Å². The number of fused-ring (bicyclic) bond motifs is 1. The van der Waals surface area contributed by atoms with Gasteiger partial charge in [0, 0.05) is 37.9 Å². The molecule has 0 bridgehead atoms. The minimum absolute atomic E-state index is 0.105. The number of aryl methyl sites for hydroxylation is 2. The molecule has 29 heavy (non-hydrogen) atoms. The molecule has 0 radical (unpaired) electrons. The number of amides is 1. The molecule has 1 aliphatic heterocycles. The van der Waals surface area contributed by atoms with Crippen LogP contribution >= 0.6 is 0 Å². The molecule has 0 unspecified atom stereocenters. The van der Waals surface area contributed by atoms with E-state index in [0.29, 0.717) is 37.2 Å². The Labute approximate surface area is 164 Å². The Hall–Kier alpha value is -2.91. The maximum Gasteiger partial charge on any atom is 0.417 e. The highest BCUT2D eigenvalue weighted by atomic mass is 19.4. The van der Waals surface area contributed by atoms with Crippen LogP contribution in [0.3, 0.4) is 0 Å². The van der Waals surface area contributed by atoms with Crippen LogP contribution in [0.5, 0.6) is 0 Å². The zero-order chi connectivity index (χ0) is 20.8. The third-order valence-corrected chi connectivity index (χ3v) is 5.22. The van der Waals surface area contributed by atoms with Crippen LogP contribution in [-0.4, -0.2) is 43.8 Å². The molecule has 10 heteroatoms. The minimum Gasteiger partial charge on any atom is -0.337 e. The number of likely N-dealkylation sites (tertiary alicyclic amines) is 1. The van der Waals surface area contributed by atoms with Gasteiger partial charge in [-0.25, -0.2) is 4.98 Å². The minimum atomic E-state index is -4.55. The van der Waals surface area contributed by atoms with Crippen molar-refractivity contribution in [1.29, 1.82) is 0 Å². The first-order valence-corrected chi connectivity index (χ1v) is 9.43. The van der Waals surface area contributed by atoms with Gasteiger partial charge in [-0.2, -0.15) is 18.3 Å². The van der Waals surface area contributed by atoms with Crippen molar-refractivity contribution >= 4 is 17.0 Å². The monoisotopic (exact) mass is 407 g/mol. The van der Waals surface area contributed by atoms with Gasteiger partial charge in [-0.05, 0) is 31.4 Å². The van der Waals surface area contributed by atoms with E-state index in [2.05, 4.69) is 15.2 Å². The number of hydrogen-bond acceptors (Lipinski definition) is 5. The molecule has 0 saturated carbocycles. The highest BCUT2D eigenvalue weighted by molar-refractivity contribution is 5.92. The lowest BCUT2D eigenvalue weighted by molar-refractivity contribution is -0.136. The van der Waals surface area contributed by atoms with Crippen molar-refractivity contribution in [1.82, 2.24) is 24.8 Å². The quantitative estimate of drug-likeness (QED) is 0.664. The molecule has 1 atom stereocenters. The van der Waals surface area contributed by atoms with Crippen LogP contribution in [-0.2, 0) is 19.6 Å². The van der Waals surface area contributed by atoms with Gasteiger partial charge in [0.15, 0.2) is 0 Å². The van der Waals surface area contributed by atoms with E-state index in [1.165, 1.54) is 4.68 Å². The van der Waals surface area contributed by atoms with Crippen molar-refractivity contribution in [2.45, 2.75) is 38.3 Å². The van der Waals surface area contributed by atoms with Gasteiger partial charge < -0.3 is 9.42 Å². The van der Waals surface area contributed by atoms with Gasteiger partial charge in [-0.15, -0.1) is 0 Å². The molecule has 1 saturated heterocycles. The molecule has 4 rings (SSSR count). The van der Waals surface area contributed by atoms with Crippen LogP contribution in [0, 0.1) is 0 Å². The Balaban J connectivity index is 1.70. The first-order chi connectivity index (χ1) is 13.8. The predicted molar refractivity (Wildman–Crippen MR) is 97.3 cm³/mol. The summed E-state index contributed by atoms with van der Waals surface area (Å²) in [5.41, 5.74) is -0.0869. The molecule has 1 fully saturated rings. The number of hydrogen-bond donors (Lipinski definition) is 0. The first kappa shape index (κ1) is 19.4. The van der Waals surface area contributed by atoms with Crippen molar-refractivity contribution in [3.63, 3.8) is 0 Å². The van der Waals surface area contributed by atoms with Gasteiger partial charge in [0.1, 0.15) is 5.69 Å². The van der Waals surface area contributed by atoms with E-state index in [-0.39, 0.29) is 35.2 Å². The number of nitrogens with zero attached hydrogens (tertiary/aromatic N) is 5. The van der Waals surface area contributed by atoms with Crippen LogP contribution in [0.25, 0.3) is 11.1 Å². The molecule has 154 valence electrons. The summed E-state index contributed by atoms with van der Waals surface area (Å²) in [6.45, 7) is 2.50. The van der Waals surface area contributed by atoms with Gasteiger partial charge in [-0.1, -0.05) is 12.1 Å². The summed E-state index contributed by atoms with van der Waals surface area (Å²) in [5, 5.41) is 7.96. The molecular formula is C19H20F3N5O2. The van der Waals surface area contributed by atoms with Gasteiger partial charge >= 0.3 is 6.18 Å². The number of halogens is 3. The third kappa shape index (κ3) is 3.58. The van der Waals surface area contributed by atoms with E-state index in [9.17, 15) is 18.0 Å². The SMILES string of the molecule is CCc1cc(C(F)(F)F)c2c([C@H]3CCCN(C(=O)c4ccn(C)n4)C3)noc2n1. The molecule has 0 spiro atoms. The lowest BCUT2D eigenvalue weighted by atomic mass is 9.91. The number of aromatic nitrogens is 4. The Morgan fingerprint density at radius 3 is 2.83 bits per heavy atom. The van der Waals surface area contributed by atoms with E-state index in [4.69, 9.17) is 4.52 Å². The summed E-state index contributed by atoms with van der Waals surface area (Å²) < 4.78 is 47.9. The van der Waals surface area contributed by atoms with Crippen molar-refractivity contribution in [2.75, 3.05) is 13.1 Å². The number of pyridine rings is 1. The molecule has 0 N–H and O–H groups in total. The molecule has 0 aliphatic carbocycles. The van der Waals surface area contributed by atoms with E-state index in [0.717, 1.165) is 6.07 Å². The second-order valence-corrected chi connectivity index (χ2v) is 7.23. The molecule has 3 aromatic rings. The van der Waals surface area contributed by atoms with Gasteiger partial charge in [0.25, 0.3) is 11.6 Å². The summed E-state index contributed by atoms with van der Waals surface area (Å²) in [5.74, 6) is -0.612. The van der Waals surface area contributed by atoms with Gasteiger partial charge in [0.2, 0.25) is 0 Å². The zero-order valence-corrected chi connectivity index (χ0v) is 16.0. The summed E-state index contributed by atoms with van der Waals surface area (Å²) in [7, 11) is 1.72. The Morgan fingerprint density at radius 1 is 1.38 bits per heavy atom. The second-order valence-electron chi connectivity index (χ2n) is 7.23. The standard InChI is InChI=1S/C19H20F3N5O2/c1-3-12-9-13(19(20,21)22)15-16(25-29-17(15)23-12)11-5-4-7-27(10-11)18(28)14-6-8-26(2)24-14/h6,8-9,11H,3-5,7,10H2,1-2H3/t11-/m0/s1. The third-order valence-electron chi connectivity index (χ3n) is 5.22. The molecular weight excluding hydrogens is 387 g/mol. The molecule has 7 nitrogen and oxygen atoms in total. The van der Waals surface area contributed by atoms with Crippen LogP contribution in [0.15, 0.2) is 22.9 Å². The number of carbonyl (C=O) groups excluding carboxylic acids is 1. The zero-order valence-electron chi connectivity index (χ0n) is 16.0. The number of alkyl halides is 3. The van der Waals surface area contributed by atoms with Crippen molar-refractivity contribution in [3.8, 4) is 0 Å². The lowest BCUT2D eigenvalue weighted by Gasteiger charge is -2.31. The van der Waals surface area contributed by atoms with Gasteiger partial charge in [0.05, 0.1) is 16.6 Å². The van der Waals surface area contributed by atoms with E-state index < -0.39 is 11.7 Å². The van der Waals surface area contributed by atoms with E-state index >= 15 is 0 Å². The predicted octanol–water partition coefficient (Wildman–Crippen LogP) is 3.56. The smallest absolute Gasteiger partial charge is 0.337 e. The Morgan fingerprint density at radius 2 is 2.17 bits per heavy atom. The van der Waals surface area contributed by atoms with Crippen LogP contribution < -0.4 is 0 Å². The second kappa shape index (κ2) is 7.16. The molecule has 1 aliphatic rings. The highest BCUT2D eigenvalue weighted by Crippen LogP contribution is 2.40. The van der Waals surface area contributed by atoms with Crippen molar-refractivity contribution in [2.24, 2.45) is 7.05 Å². The molecule has 1 amide bonds. The molecule has 4 heterocycles. The fraction of sp³-hybridized carbons (Fsp3) is 0.474. The Kier molecular flexibility index (Phi) is 4.79. The molecule has 0 aromatic carbocycles. The van der Waals surface area contributed by atoms with Crippen LogP contribution in [0.2, 0.25) is 0 Å². The number of carbonyl (C=O) groups is 1. The maximum absolute atomic E-state index is 13.7. The topological polar surface area (TPSA) is 77.0 Å². The van der Waals surface area contributed by atoms with Crippen molar-refractivity contribution < 1.29 is 22.5 Å². The summed E-state index contributed by atoms with van der Waals surface area (Å²) in [6.07, 6.45) is -1.26. The summed E-state index contributed by atoms with van der Waals surface area (Å²) in [6, 6.07) is 2.68. The maximum atomic E-state index is 13.7. The van der Waals surface area contributed by atoms with Crippen LogP contribution in [0.1, 0.15) is 53.1 Å². The largest absolute Gasteiger partial charge is 0.417 e. The average Bonchev–Trinajstić information content (AvgIpc) is 3.32. The summed E-state index contributed by atoms with van der Waals surface area (Å²) in [4.78, 5) is 18.5. The average molecular weight is 407 g/mol. The van der Waals surface area contributed by atoms with Gasteiger partial charge in [-0.3, -0.25) is 9.48 Å². The normalized spacial score (nSPS) is 17.8. The van der Waals surface area contributed by atoms with Crippen LogP contribution in [0.4, 0.5) is 13.2 Å². The number of piperidine rings is 1. The Bertz CT molecular complexity index is 1060. The number of rotatable bonds is 3. The fourth-order valence-corrected chi connectivity index (χ4v) is 3.78.